The molecule has 3 rings (SSSR count). The second-order valence-electron chi connectivity index (χ2n) is 8.01. The lowest BCUT2D eigenvalue weighted by Crippen LogP contribution is -2.28. The highest BCUT2D eigenvalue weighted by atomic mass is 16.6. The van der Waals surface area contributed by atoms with E-state index < -0.39 is 11.7 Å². The second kappa shape index (κ2) is 7.67. The van der Waals surface area contributed by atoms with Crippen LogP contribution in [0, 0.1) is 32.1 Å². The number of nitrogens with zero attached hydrogens (tertiary/aromatic N) is 4. The quantitative estimate of drug-likeness (QED) is 0.682. The topological polar surface area (TPSA) is 102 Å². The number of hydrogen-bond donors (Lipinski definition) is 1. The van der Waals surface area contributed by atoms with Gasteiger partial charge in [-0.15, -0.1) is 0 Å². The molecule has 0 radical (unpaired) electrons. The van der Waals surface area contributed by atoms with Crippen LogP contribution in [-0.4, -0.2) is 33.3 Å². The molecule has 0 aliphatic carbocycles. The molecule has 1 amide bonds. The van der Waals surface area contributed by atoms with Gasteiger partial charge in [-0.25, -0.2) is 14.8 Å². The summed E-state index contributed by atoms with van der Waals surface area (Å²) in [5.74, 6) is 1.51. The largest absolute Gasteiger partial charge is 0.496 e. The molecule has 0 saturated heterocycles. The smallest absolute Gasteiger partial charge is 0.413 e. The Morgan fingerprint density at radius 3 is 2.53 bits per heavy atom. The van der Waals surface area contributed by atoms with Gasteiger partial charge in [0.05, 0.1) is 18.2 Å². The maximum atomic E-state index is 12.6. The number of benzene rings is 1. The molecule has 0 fully saturated rings. The molecule has 1 aromatic carbocycles. The number of ether oxygens (including phenoxy) is 2. The molecule has 8 nitrogen and oxygen atoms in total. The number of nitrogens with one attached hydrogen (secondary N) is 1. The lowest BCUT2D eigenvalue weighted by Gasteiger charge is -2.21. The maximum absolute atomic E-state index is 12.6. The van der Waals surface area contributed by atoms with Gasteiger partial charge < -0.3 is 9.47 Å². The number of amides is 1. The molecule has 30 heavy (non-hydrogen) atoms. The van der Waals surface area contributed by atoms with E-state index in [0.29, 0.717) is 22.6 Å². The zero-order chi connectivity index (χ0) is 22.2. The van der Waals surface area contributed by atoms with E-state index in [-0.39, 0.29) is 11.4 Å². The molecular weight excluding hydrogens is 382 g/mol. The SMILES string of the molecule is COc1ccc(C)c(-n2c(NC(=O)OC(C)(C)C)c(C#N)c3cnc(C)nc32)c1C. The van der Waals surface area contributed by atoms with Crippen LogP contribution in [-0.2, 0) is 4.74 Å². The molecule has 0 bridgehead atoms. The predicted molar refractivity (Wildman–Crippen MR) is 114 cm³/mol. The first-order valence-corrected chi connectivity index (χ1v) is 9.50. The van der Waals surface area contributed by atoms with Crippen molar-refractivity contribution in [2.75, 3.05) is 12.4 Å². The van der Waals surface area contributed by atoms with Gasteiger partial charge in [0.25, 0.3) is 0 Å². The van der Waals surface area contributed by atoms with Gasteiger partial charge in [-0.05, 0) is 53.2 Å². The lowest BCUT2D eigenvalue weighted by molar-refractivity contribution is 0.0635. The van der Waals surface area contributed by atoms with Crippen LogP contribution in [0.1, 0.15) is 43.3 Å². The molecule has 0 aliphatic heterocycles. The van der Waals surface area contributed by atoms with Crippen molar-refractivity contribution < 1.29 is 14.3 Å². The van der Waals surface area contributed by atoms with Crippen molar-refractivity contribution in [3.8, 4) is 17.5 Å². The molecule has 156 valence electrons. The van der Waals surface area contributed by atoms with Gasteiger partial charge in [0, 0.05) is 11.8 Å². The standard InChI is InChI=1S/C22H25N5O3/c1-12-8-9-17(29-7)13(2)18(12)27-19(26-21(28)30-22(4,5)6)15(10-23)16-11-24-14(3)25-20(16)27/h8-9,11H,1-7H3,(H,26,28). The summed E-state index contributed by atoms with van der Waals surface area (Å²) in [7, 11) is 1.60. The van der Waals surface area contributed by atoms with Crippen molar-refractivity contribution in [3.05, 3.63) is 40.8 Å². The van der Waals surface area contributed by atoms with E-state index in [1.54, 1.807) is 45.6 Å². The minimum Gasteiger partial charge on any atom is -0.496 e. The third-order valence-electron chi connectivity index (χ3n) is 4.59. The zero-order valence-electron chi connectivity index (χ0n) is 18.2. The Kier molecular flexibility index (Phi) is 5.40. The van der Waals surface area contributed by atoms with E-state index in [9.17, 15) is 10.1 Å². The Bertz CT molecular complexity index is 1180. The number of fused-ring (bicyclic) bond motifs is 1. The van der Waals surface area contributed by atoms with Crippen molar-refractivity contribution in [1.29, 1.82) is 5.26 Å². The Morgan fingerprint density at radius 1 is 1.23 bits per heavy atom. The fourth-order valence-electron chi connectivity index (χ4n) is 3.38. The molecule has 0 saturated carbocycles. The maximum Gasteiger partial charge on any atom is 0.413 e. The average Bonchev–Trinajstić information content (AvgIpc) is 2.92. The van der Waals surface area contributed by atoms with Crippen LogP contribution in [0.2, 0.25) is 0 Å². The second-order valence-corrected chi connectivity index (χ2v) is 8.01. The molecule has 0 spiro atoms. The fourth-order valence-corrected chi connectivity index (χ4v) is 3.38. The van der Waals surface area contributed by atoms with Gasteiger partial charge in [0.15, 0.2) is 5.65 Å². The van der Waals surface area contributed by atoms with Crippen LogP contribution in [0.15, 0.2) is 18.3 Å². The van der Waals surface area contributed by atoms with Crippen LogP contribution in [0.5, 0.6) is 5.75 Å². The van der Waals surface area contributed by atoms with Crippen molar-refractivity contribution in [3.63, 3.8) is 0 Å². The van der Waals surface area contributed by atoms with Gasteiger partial charge in [-0.1, -0.05) is 6.07 Å². The van der Waals surface area contributed by atoms with Crippen molar-refractivity contribution in [2.24, 2.45) is 0 Å². The predicted octanol–water partition coefficient (Wildman–Crippen LogP) is 4.57. The van der Waals surface area contributed by atoms with Crippen LogP contribution in [0.3, 0.4) is 0 Å². The molecule has 2 heterocycles. The Balaban J connectivity index is 2.37. The highest BCUT2D eigenvalue weighted by molar-refractivity contribution is 5.97. The minimum atomic E-state index is -0.689. The van der Waals surface area contributed by atoms with Crippen LogP contribution < -0.4 is 10.1 Å². The van der Waals surface area contributed by atoms with E-state index >= 15 is 0 Å². The zero-order valence-corrected chi connectivity index (χ0v) is 18.2. The first-order valence-electron chi connectivity index (χ1n) is 9.50. The third kappa shape index (κ3) is 3.79. The lowest BCUT2D eigenvalue weighted by atomic mass is 10.1. The number of anilines is 1. The normalized spacial score (nSPS) is 11.3. The highest BCUT2D eigenvalue weighted by Gasteiger charge is 2.26. The Labute approximate surface area is 175 Å². The average molecular weight is 407 g/mol. The van der Waals surface area contributed by atoms with Gasteiger partial charge >= 0.3 is 6.09 Å². The van der Waals surface area contributed by atoms with E-state index in [2.05, 4.69) is 21.4 Å². The molecule has 1 N–H and O–H groups in total. The van der Waals surface area contributed by atoms with E-state index in [4.69, 9.17) is 9.47 Å². The highest BCUT2D eigenvalue weighted by Crippen LogP contribution is 2.37. The number of aryl methyl sites for hydroxylation is 2. The van der Waals surface area contributed by atoms with Crippen molar-refractivity contribution in [2.45, 2.75) is 47.1 Å². The number of methoxy groups -OCH3 is 1. The summed E-state index contributed by atoms with van der Waals surface area (Å²) in [6.07, 6.45) is 0.934. The van der Waals surface area contributed by atoms with Crippen molar-refractivity contribution in [1.82, 2.24) is 14.5 Å². The van der Waals surface area contributed by atoms with E-state index in [1.165, 1.54) is 0 Å². The van der Waals surface area contributed by atoms with Gasteiger partial charge in [-0.3, -0.25) is 9.88 Å². The molecule has 8 heteroatoms. The van der Waals surface area contributed by atoms with Gasteiger partial charge in [0.2, 0.25) is 0 Å². The minimum absolute atomic E-state index is 0.262. The monoisotopic (exact) mass is 407 g/mol. The van der Waals surface area contributed by atoms with E-state index in [0.717, 1.165) is 16.8 Å². The summed E-state index contributed by atoms with van der Waals surface area (Å²) in [5.41, 5.74) is 2.64. The number of carbonyl (C=O) groups is 1. The first-order chi connectivity index (χ1) is 14.1. The van der Waals surface area contributed by atoms with E-state index in [1.807, 2.05) is 26.0 Å². The molecule has 3 aromatic rings. The van der Waals surface area contributed by atoms with Crippen molar-refractivity contribution >= 4 is 22.9 Å². The third-order valence-corrected chi connectivity index (χ3v) is 4.59. The van der Waals surface area contributed by atoms with Gasteiger partial charge in [0.1, 0.15) is 34.6 Å². The summed E-state index contributed by atoms with van der Waals surface area (Å²) in [5, 5.41) is 13.2. The number of aromatic nitrogens is 3. The summed E-state index contributed by atoms with van der Waals surface area (Å²) in [4.78, 5) is 21.4. The number of rotatable bonds is 3. The molecule has 2 aromatic heterocycles. The van der Waals surface area contributed by atoms with Crippen LogP contribution in [0.4, 0.5) is 10.6 Å². The molecule has 0 atom stereocenters. The summed E-state index contributed by atoms with van der Waals surface area (Å²) < 4.78 is 12.7. The molecule has 0 unspecified atom stereocenters. The summed E-state index contributed by atoms with van der Waals surface area (Å²) in [6.45, 7) is 11.0. The first kappa shape index (κ1) is 21.1. The molecule has 0 aliphatic rings. The van der Waals surface area contributed by atoms with Crippen LogP contribution >= 0.6 is 0 Å². The Hall–Kier alpha value is -3.60. The Morgan fingerprint density at radius 2 is 1.93 bits per heavy atom. The number of hydrogen-bond acceptors (Lipinski definition) is 6. The number of nitriles is 1. The molecular formula is C22H25N5O3. The number of carbonyl (C=O) groups excluding carboxylic acids is 1. The summed E-state index contributed by atoms with van der Waals surface area (Å²) in [6, 6.07) is 5.98. The van der Waals surface area contributed by atoms with Gasteiger partial charge in [-0.2, -0.15) is 5.26 Å². The summed E-state index contributed by atoms with van der Waals surface area (Å²) >= 11 is 0. The fraction of sp³-hybridized carbons (Fsp3) is 0.364. The van der Waals surface area contributed by atoms with Crippen LogP contribution in [0.25, 0.3) is 16.7 Å².